The molecule has 0 spiro atoms. The largest absolute Gasteiger partial charge is 6.00 e. The van der Waals surface area contributed by atoms with Crippen molar-refractivity contribution in [1.29, 1.82) is 0 Å². The van der Waals surface area contributed by atoms with E-state index in [0.29, 0.717) is 5.56 Å². The summed E-state index contributed by atoms with van der Waals surface area (Å²) in [6.07, 6.45) is 0. The topological polar surface area (TPSA) is 93.8 Å². The quantitative estimate of drug-likeness (QED) is 0.111. The molecule has 0 unspecified atom stereocenters. The van der Waals surface area contributed by atoms with E-state index in [4.69, 9.17) is 22.9 Å². The molecule has 0 atom stereocenters. The fourth-order valence-electron chi connectivity index (χ4n) is 2.51. The molecule has 4 aromatic carbocycles. The number of benzene rings is 4. The molecule has 0 aliphatic heterocycles. The van der Waals surface area contributed by atoms with Gasteiger partial charge in [0.25, 0.3) is 0 Å². The van der Waals surface area contributed by atoms with Crippen molar-refractivity contribution in [3.05, 3.63) is 140 Å². The third kappa shape index (κ3) is 13.8. The summed E-state index contributed by atoms with van der Waals surface area (Å²) in [6, 6.07) is 37.5. The molecule has 9 heteroatoms. The third-order valence-electron chi connectivity index (χ3n) is 4.03. The number of ether oxygens (including phenoxy) is 1. The van der Waals surface area contributed by atoms with Crippen LogP contribution in [0.25, 0.3) is 0 Å². The smallest absolute Gasteiger partial charge is 0.273 e. The van der Waals surface area contributed by atoms with E-state index in [1.54, 1.807) is 24.3 Å². The normalized spacial score (nSPS) is 8.59. The Balaban J connectivity index is 0.000000730. The summed E-state index contributed by atoms with van der Waals surface area (Å²) >= 11 is 0. The molecular weight excluding hydrogens is 531 g/mol. The summed E-state index contributed by atoms with van der Waals surface area (Å²) in [5.74, 6) is 1.88. The summed E-state index contributed by atoms with van der Waals surface area (Å²) < 4.78 is 37.1. The van der Waals surface area contributed by atoms with E-state index >= 15 is 0 Å². The predicted molar refractivity (Wildman–Crippen MR) is 135 cm³/mol. The molecule has 182 valence electrons. The first-order valence-corrected chi connectivity index (χ1v) is 11.6. The maximum atomic E-state index is 10.8. The minimum absolute atomic E-state index is 0. The fourth-order valence-corrected chi connectivity index (χ4v) is 3.62. The molecule has 0 N–H and O–H groups in total. The zero-order valence-corrected chi connectivity index (χ0v) is 22.1. The summed E-state index contributed by atoms with van der Waals surface area (Å²) in [5.41, 5.74) is 0.588. The van der Waals surface area contributed by atoms with Crippen molar-refractivity contribution in [3.8, 4) is 17.2 Å². The van der Waals surface area contributed by atoms with E-state index < -0.39 is 8.60 Å². The molecule has 7 nitrogen and oxygen atoms in total. The molecule has 0 saturated carbocycles. The van der Waals surface area contributed by atoms with Crippen LogP contribution in [-0.2, 0) is 31.4 Å². The molecule has 0 aliphatic carbocycles. The van der Waals surface area contributed by atoms with Gasteiger partial charge in [-0.3, -0.25) is 13.6 Å². The molecule has 4 rings (SSSR count). The van der Waals surface area contributed by atoms with Crippen LogP contribution in [-0.4, -0.2) is 13.1 Å². The van der Waals surface area contributed by atoms with Crippen molar-refractivity contribution in [3.63, 3.8) is 0 Å². The molecule has 37 heavy (non-hydrogen) atoms. The third-order valence-corrected chi connectivity index (χ3v) is 5.24. The van der Waals surface area contributed by atoms with Gasteiger partial charge in [0, 0.05) is 0 Å². The Bertz CT molecular complexity index is 1040. The van der Waals surface area contributed by atoms with Gasteiger partial charge >= 0.3 is 54.5 Å². The zero-order chi connectivity index (χ0) is 26.4. The van der Waals surface area contributed by atoms with Gasteiger partial charge in [-0.1, -0.05) is 72.8 Å². The predicted octanol–water partition coefficient (Wildman–Crippen LogP) is 6.58. The van der Waals surface area contributed by atoms with Crippen LogP contribution in [0.4, 0.5) is 0 Å². The number of carbonyl (C=O) groups is 1. The molecule has 0 fully saturated rings. The molecule has 0 aromatic heterocycles. The Morgan fingerprint density at radius 2 is 0.838 bits per heavy atom. The van der Waals surface area contributed by atoms with Gasteiger partial charge in [-0.05, 0) is 48.5 Å². The van der Waals surface area contributed by atoms with Gasteiger partial charge in [0.2, 0.25) is 0 Å². The van der Waals surface area contributed by atoms with Crippen LogP contribution < -0.4 is 13.6 Å². The number of hydrogen-bond donors (Lipinski definition) is 0. The second-order valence-electron chi connectivity index (χ2n) is 6.35. The molecule has 0 amide bonds. The molecular formula is C28H24CrO7P+7. The van der Waals surface area contributed by atoms with E-state index in [2.05, 4.69) is 18.0 Å². The second-order valence-corrected chi connectivity index (χ2v) is 7.47. The van der Waals surface area contributed by atoms with Crippen LogP contribution in [0.1, 0.15) is 10.4 Å². The summed E-state index contributed by atoms with van der Waals surface area (Å²) in [7, 11) is -0.631. The van der Waals surface area contributed by atoms with Gasteiger partial charge in [-0.25, -0.2) is 4.79 Å². The van der Waals surface area contributed by atoms with Crippen LogP contribution in [0.2, 0.25) is 0 Å². The van der Waals surface area contributed by atoms with Gasteiger partial charge in [0.05, 0.1) is 12.7 Å². The van der Waals surface area contributed by atoms with Crippen LogP contribution in [0, 0.1) is 13.3 Å². The molecule has 4 aromatic rings. The Morgan fingerprint density at radius 1 is 0.568 bits per heavy atom. The van der Waals surface area contributed by atoms with Crippen molar-refractivity contribution < 1.29 is 49.8 Å². The first kappa shape index (κ1) is 33.2. The maximum Gasteiger partial charge on any atom is 6.00 e. The summed E-state index contributed by atoms with van der Waals surface area (Å²) in [5, 5.41) is 0. The Morgan fingerprint density at radius 3 is 1.11 bits per heavy atom. The first-order valence-electron chi connectivity index (χ1n) is 10.3. The zero-order valence-electron chi connectivity index (χ0n) is 19.8. The number of hydrogen-bond acceptors (Lipinski definition) is 5. The standard InChI is InChI=1S/C18H16O3P.C8H8O2.2CO.Cr/c1-4-10-16(11-5-1)19-22(20-17-12-6-2-7-13-17)21-18-14-8-3-9-15-18;1-10-8(9)7-5-3-2-4-6-7;2*1-2;/h1-15,22H;2-6H,1H3;;;/q+1;;;;+6. The van der Waals surface area contributed by atoms with Crippen LogP contribution >= 0.6 is 8.60 Å². The number of para-hydroxylation sites is 3. The van der Waals surface area contributed by atoms with Crippen molar-refractivity contribution in [2.75, 3.05) is 7.11 Å². The van der Waals surface area contributed by atoms with Crippen LogP contribution in [0.3, 0.4) is 0 Å². The SMILES string of the molecule is COC(=O)c1ccccc1.[C-]#[O+].[C-]#[O+].[Cr+6].c1ccc(O[PH+](Oc2ccccc2)Oc2ccccc2)cc1. The molecule has 0 radical (unpaired) electrons. The van der Waals surface area contributed by atoms with Gasteiger partial charge in [0.15, 0.2) is 17.2 Å². The van der Waals surface area contributed by atoms with Crippen LogP contribution in [0.5, 0.6) is 17.2 Å². The number of rotatable bonds is 7. The van der Waals surface area contributed by atoms with E-state index in [1.165, 1.54) is 7.11 Å². The molecule has 0 bridgehead atoms. The Hall–Kier alpha value is -3.81. The summed E-state index contributed by atoms with van der Waals surface area (Å²) in [6.45, 7) is 9.00. The summed E-state index contributed by atoms with van der Waals surface area (Å²) in [4.78, 5) is 10.8. The number of methoxy groups -OCH3 is 1. The van der Waals surface area contributed by atoms with Crippen molar-refractivity contribution >= 4 is 14.6 Å². The monoisotopic (exact) mass is 555 g/mol. The molecule has 0 saturated heterocycles. The van der Waals surface area contributed by atoms with Gasteiger partial charge in [-0.2, -0.15) is 0 Å². The molecule has 0 aliphatic rings. The minimum atomic E-state index is -2.00. The molecule has 0 heterocycles. The van der Waals surface area contributed by atoms with Gasteiger partial charge in [0.1, 0.15) is 0 Å². The number of carbonyl (C=O) groups excluding carboxylic acids is 1. The second kappa shape index (κ2) is 21.5. The Labute approximate surface area is 228 Å². The van der Waals surface area contributed by atoms with Crippen molar-refractivity contribution in [2.45, 2.75) is 0 Å². The fraction of sp³-hybridized carbons (Fsp3) is 0.0357. The van der Waals surface area contributed by atoms with Crippen molar-refractivity contribution in [1.82, 2.24) is 0 Å². The van der Waals surface area contributed by atoms with E-state index in [-0.39, 0.29) is 23.3 Å². The van der Waals surface area contributed by atoms with E-state index in [9.17, 15) is 4.79 Å². The van der Waals surface area contributed by atoms with E-state index in [0.717, 1.165) is 17.2 Å². The van der Waals surface area contributed by atoms with Gasteiger partial charge < -0.3 is 4.74 Å². The van der Waals surface area contributed by atoms with Crippen LogP contribution in [0.15, 0.2) is 121 Å². The Kier molecular flexibility index (Phi) is 19.3. The van der Waals surface area contributed by atoms with Crippen molar-refractivity contribution in [2.24, 2.45) is 0 Å². The first-order chi connectivity index (χ1) is 17.7. The average molecular weight is 555 g/mol. The average Bonchev–Trinajstić information content (AvgIpc) is 2.97. The number of esters is 1. The van der Waals surface area contributed by atoms with E-state index in [1.807, 2.05) is 97.1 Å². The van der Waals surface area contributed by atoms with Gasteiger partial charge in [-0.15, -0.1) is 0 Å². The maximum absolute atomic E-state index is 10.8. The minimum Gasteiger partial charge on any atom is -0.273 e.